The molecule has 1 aromatic rings. The minimum absolute atomic E-state index is 0.0807. The molecule has 1 fully saturated rings. The summed E-state index contributed by atoms with van der Waals surface area (Å²) in [5.74, 6) is 0. The third-order valence-electron chi connectivity index (χ3n) is 3.84. The molecule has 4 nitrogen and oxygen atoms in total. The lowest BCUT2D eigenvalue weighted by Crippen LogP contribution is -2.31. The highest BCUT2D eigenvalue weighted by molar-refractivity contribution is 5.11. The molecular weight excluding hydrogens is 226 g/mol. The summed E-state index contributed by atoms with van der Waals surface area (Å²) in [4.78, 5) is 0. The van der Waals surface area contributed by atoms with Crippen LogP contribution in [0.4, 0.5) is 0 Å². The highest BCUT2D eigenvalue weighted by atomic mass is 16.5. The molecule has 0 radical (unpaired) electrons. The van der Waals surface area contributed by atoms with Crippen molar-refractivity contribution in [2.24, 2.45) is 5.73 Å². The van der Waals surface area contributed by atoms with Crippen molar-refractivity contribution < 1.29 is 4.74 Å². The summed E-state index contributed by atoms with van der Waals surface area (Å²) in [6.45, 7) is 10.6. The van der Waals surface area contributed by atoms with Gasteiger partial charge in [0.1, 0.15) is 0 Å². The Morgan fingerprint density at radius 1 is 1.50 bits per heavy atom. The quantitative estimate of drug-likeness (QED) is 0.898. The fraction of sp³-hybridized carbons (Fsp3) is 0.786. The van der Waals surface area contributed by atoms with Crippen LogP contribution in [0.1, 0.15) is 65.1 Å². The molecule has 4 heteroatoms. The first-order valence-electron chi connectivity index (χ1n) is 6.75. The normalized spacial score (nSPS) is 27.3. The van der Waals surface area contributed by atoms with Crippen LogP contribution >= 0.6 is 0 Å². The van der Waals surface area contributed by atoms with Crippen molar-refractivity contribution in [3.63, 3.8) is 0 Å². The van der Waals surface area contributed by atoms with Crippen LogP contribution in [0.3, 0.4) is 0 Å². The summed E-state index contributed by atoms with van der Waals surface area (Å²) in [5.41, 5.74) is 6.87. The Morgan fingerprint density at radius 2 is 2.17 bits per heavy atom. The fourth-order valence-corrected chi connectivity index (χ4v) is 2.90. The van der Waals surface area contributed by atoms with Gasteiger partial charge >= 0.3 is 0 Å². The van der Waals surface area contributed by atoms with E-state index in [9.17, 15) is 0 Å². The van der Waals surface area contributed by atoms with Gasteiger partial charge in [0.05, 0.1) is 23.4 Å². The third kappa shape index (κ3) is 2.45. The van der Waals surface area contributed by atoms with Gasteiger partial charge in [-0.15, -0.1) is 0 Å². The van der Waals surface area contributed by atoms with Crippen LogP contribution in [-0.2, 0) is 4.74 Å². The van der Waals surface area contributed by atoms with Gasteiger partial charge in [-0.1, -0.05) is 6.92 Å². The van der Waals surface area contributed by atoms with Crippen molar-refractivity contribution in [1.82, 2.24) is 9.78 Å². The van der Waals surface area contributed by atoms with E-state index >= 15 is 0 Å². The van der Waals surface area contributed by atoms with Gasteiger partial charge in [0, 0.05) is 24.2 Å². The zero-order valence-corrected chi connectivity index (χ0v) is 12.1. The average molecular weight is 251 g/mol. The van der Waals surface area contributed by atoms with Gasteiger partial charge in [-0.25, -0.2) is 0 Å². The molecule has 0 aromatic carbocycles. The van der Waals surface area contributed by atoms with Crippen molar-refractivity contribution in [3.05, 3.63) is 18.0 Å². The van der Waals surface area contributed by atoms with Crippen LogP contribution in [0.25, 0.3) is 0 Å². The Kier molecular flexibility index (Phi) is 3.28. The molecule has 2 rings (SSSR count). The van der Waals surface area contributed by atoms with E-state index in [0.29, 0.717) is 0 Å². The van der Waals surface area contributed by atoms with E-state index in [2.05, 4.69) is 45.9 Å². The molecule has 2 N–H and O–H groups in total. The second-order valence-electron chi connectivity index (χ2n) is 6.45. The summed E-state index contributed by atoms with van der Waals surface area (Å²) in [7, 11) is 0. The first kappa shape index (κ1) is 13.6. The van der Waals surface area contributed by atoms with Gasteiger partial charge in [-0.3, -0.25) is 4.68 Å². The van der Waals surface area contributed by atoms with Crippen LogP contribution in [0, 0.1) is 0 Å². The standard InChI is InChI=1S/C14H25N3O/c1-6-11(15)10-8-16-17(9-10)12-7-13(2,3)18-14(12,4)5/h8-9,11-12H,6-7,15H2,1-5H3. The molecule has 18 heavy (non-hydrogen) atoms. The molecule has 102 valence electrons. The maximum atomic E-state index is 6.11. The molecular formula is C14H25N3O. The predicted octanol–water partition coefficient (Wildman–Crippen LogP) is 2.81. The lowest BCUT2D eigenvalue weighted by Gasteiger charge is -2.27. The number of nitrogens with two attached hydrogens (primary N) is 1. The molecule has 2 heterocycles. The van der Waals surface area contributed by atoms with Crippen molar-refractivity contribution in [2.75, 3.05) is 0 Å². The third-order valence-corrected chi connectivity index (χ3v) is 3.84. The van der Waals surface area contributed by atoms with Gasteiger partial charge in [0.2, 0.25) is 0 Å². The lowest BCUT2D eigenvalue weighted by molar-refractivity contribution is -0.0737. The van der Waals surface area contributed by atoms with Gasteiger partial charge in [-0.2, -0.15) is 5.10 Å². The average Bonchev–Trinajstić information content (AvgIpc) is 2.79. The SMILES string of the molecule is CCC(N)c1cnn(C2CC(C)(C)OC2(C)C)c1. The minimum atomic E-state index is -0.191. The maximum absolute atomic E-state index is 6.11. The zero-order chi connectivity index (χ0) is 13.6. The summed E-state index contributed by atoms with van der Waals surface area (Å²) in [6.07, 6.45) is 5.87. The molecule has 1 aliphatic heterocycles. The highest BCUT2D eigenvalue weighted by Crippen LogP contribution is 2.44. The van der Waals surface area contributed by atoms with Gasteiger partial charge in [0.15, 0.2) is 0 Å². The minimum Gasteiger partial charge on any atom is -0.367 e. The molecule has 0 aliphatic carbocycles. The highest BCUT2D eigenvalue weighted by Gasteiger charge is 2.47. The summed E-state index contributed by atoms with van der Waals surface area (Å²) in [5, 5.41) is 4.49. The van der Waals surface area contributed by atoms with Crippen LogP contribution in [0.15, 0.2) is 12.4 Å². The maximum Gasteiger partial charge on any atom is 0.0857 e. The Labute approximate surface area is 110 Å². The summed E-state index contributed by atoms with van der Waals surface area (Å²) >= 11 is 0. The second kappa shape index (κ2) is 4.35. The molecule has 2 unspecified atom stereocenters. The van der Waals surface area contributed by atoms with E-state index in [4.69, 9.17) is 10.5 Å². The topological polar surface area (TPSA) is 53.1 Å². The largest absolute Gasteiger partial charge is 0.367 e. The van der Waals surface area contributed by atoms with Crippen LogP contribution in [0.2, 0.25) is 0 Å². The Bertz CT molecular complexity index is 422. The molecule has 2 atom stereocenters. The van der Waals surface area contributed by atoms with Gasteiger partial charge in [0.25, 0.3) is 0 Å². The van der Waals surface area contributed by atoms with E-state index in [1.54, 1.807) is 0 Å². The molecule has 0 spiro atoms. The van der Waals surface area contributed by atoms with E-state index in [-0.39, 0.29) is 23.3 Å². The Balaban J connectivity index is 2.24. The predicted molar refractivity (Wildman–Crippen MR) is 72.3 cm³/mol. The van der Waals surface area contributed by atoms with Crippen molar-refractivity contribution >= 4 is 0 Å². The number of ether oxygens (including phenoxy) is 1. The smallest absolute Gasteiger partial charge is 0.0857 e. The van der Waals surface area contributed by atoms with Crippen LogP contribution < -0.4 is 5.73 Å². The van der Waals surface area contributed by atoms with E-state index < -0.39 is 0 Å². The Hall–Kier alpha value is -0.870. The lowest BCUT2D eigenvalue weighted by atomic mass is 9.94. The van der Waals surface area contributed by atoms with Gasteiger partial charge < -0.3 is 10.5 Å². The van der Waals surface area contributed by atoms with Crippen molar-refractivity contribution in [3.8, 4) is 0 Å². The molecule has 0 amide bonds. The fourth-order valence-electron chi connectivity index (χ4n) is 2.90. The number of rotatable bonds is 3. The molecule has 0 bridgehead atoms. The van der Waals surface area contributed by atoms with E-state index in [1.165, 1.54) is 0 Å². The van der Waals surface area contributed by atoms with Crippen molar-refractivity contribution in [2.45, 2.75) is 70.7 Å². The van der Waals surface area contributed by atoms with Crippen molar-refractivity contribution in [1.29, 1.82) is 0 Å². The van der Waals surface area contributed by atoms with Gasteiger partial charge in [-0.05, 0) is 34.1 Å². The first-order valence-corrected chi connectivity index (χ1v) is 6.75. The number of hydrogen-bond acceptors (Lipinski definition) is 3. The number of aromatic nitrogens is 2. The summed E-state index contributed by atoms with van der Waals surface area (Å²) in [6, 6.07) is 0.350. The first-order chi connectivity index (χ1) is 8.25. The monoisotopic (exact) mass is 251 g/mol. The van der Waals surface area contributed by atoms with Crippen LogP contribution in [-0.4, -0.2) is 21.0 Å². The number of hydrogen-bond donors (Lipinski definition) is 1. The summed E-state index contributed by atoms with van der Waals surface area (Å²) < 4.78 is 8.13. The Morgan fingerprint density at radius 3 is 2.67 bits per heavy atom. The molecule has 1 saturated heterocycles. The second-order valence-corrected chi connectivity index (χ2v) is 6.45. The number of nitrogens with zero attached hydrogens (tertiary/aromatic N) is 2. The molecule has 1 aliphatic rings. The van der Waals surface area contributed by atoms with E-state index in [1.807, 2.05) is 10.9 Å². The molecule has 0 saturated carbocycles. The van der Waals surface area contributed by atoms with E-state index in [0.717, 1.165) is 18.4 Å². The van der Waals surface area contributed by atoms with Crippen LogP contribution in [0.5, 0.6) is 0 Å². The molecule has 1 aromatic heterocycles. The zero-order valence-electron chi connectivity index (χ0n) is 12.1.